The molecule has 3 fully saturated rings. The predicted molar refractivity (Wildman–Crippen MR) is 65.4 cm³/mol. The van der Waals surface area contributed by atoms with E-state index in [4.69, 9.17) is 4.74 Å². The smallest absolute Gasteiger partial charge is 0.0569 e. The molecule has 1 spiro atoms. The van der Waals surface area contributed by atoms with E-state index in [0.29, 0.717) is 5.41 Å². The highest BCUT2D eigenvalue weighted by Gasteiger charge is 2.50. The Labute approximate surface area is 99.3 Å². The van der Waals surface area contributed by atoms with Gasteiger partial charge in [-0.25, -0.2) is 0 Å². The Morgan fingerprint density at radius 3 is 2.12 bits per heavy atom. The topological polar surface area (TPSA) is 12.5 Å². The van der Waals surface area contributed by atoms with Crippen LogP contribution < -0.4 is 0 Å². The van der Waals surface area contributed by atoms with E-state index >= 15 is 0 Å². The first-order valence-electron chi connectivity index (χ1n) is 7.00. The van der Waals surface area contributed by atoms with E-state index in [9.17, 15) is 0 Å². The minimum atomic E-state index is 0.606. The molecule has 0 aromatic carbocycles. The van der Waals surface area contributed by atoms with Crippen molar-refractivity contribution < 1.29 is 4.74 Å². The maximum atomic E-state index is 5.34. The summed E-state index contributed by atoms with van der Waals surface area (Å²) < 4.78 is 5.34. The summed E-state index contributed by atoms with van der Waals surface area (Å²) in [6.07, 6.45) is 5.81. The lowest BCUT2D eigenvalue weighted by Crippen LogP contribution is -2.68. The number of likely N-dealkylation sites (tertiary alicyclic amines) is 1. The summed E-state index contributed by atoms with van der Waals surface area (Å²) in [6.45, 7) is 9.48. The van der Waals surface area contributed by atoms with Crippen molar-refractivity contribution in [1.29, 1.82) is 0 Å². The normalized spacial score (nSPS) is 38.4. The average Bonchev–Trinajstić information content (AvgIpc) is 2.14. The highest BCUT2D eigenvalue weighted by atomic mass is 16.5. The van der Waals surface area contributed by atoms with Crippen molar-refractivity contribution in [2.24, 2.45) is 17.3 Å². The van der Waals surface area contributed by atoms with Crippen LogP contribution in [-0.2, 0) is 4.74 Å². The van der Waals surface area contributed by atoms with Gasteiger partial charge in [0.25, 0.3) is 0 Å². The van der Waals surface area contributed by atoms with Crippen LogP contribution in [0.15, 0.2) is 0 Å². The van der Waals surface area contributed by atoms with Gasteiger partial charge in [0.05, 0.1) is 13.2 Å². The van der Waals surface area contributed by atoms with Crippen LogP contribution in [0.1, 0.15) is 39.5 Å². The van der Waals surface area contributed by atoms with Crippen molar-refractivity contribution in [2.75, 3.05) is 26.3 Å². The molecule has 0 aromatic heterocycles. The van der Waals surface area contributed by atoms with Gasteiger partial charge in [0.15, 0.2) is 0 Å². The lowest BCUT2D eigenvalue weighted by Gasteiger charge is -2.58. The summed E-state index contributed by atoms with van der Waals surface area (Å²) >= 11 is 0. The molecule has 2 heteroatoms. The second-order valence-electron chi connectivity index (χ2n) is 6.71. The predicted octanol–water partition coefficient (Wildman–Crippen LogP) is 2.53. The maximum absolute atomic E-state index is 5.34. The molecule has 0 amide bonds. The molecule has 0 radical (unpaired) electrons. The van der Waals surface area contributed by atoms with Gasteiger partial charge in [0.2, 0.25) is 0 Å². The van der Waals surface area contributed by atoms with Gasteiger partial charge in [0.1, 0.15) is 0 Å². The van der Waals surface area contributed by atoms with E-state index in [-0.39, 0.29) is 0 Å². The highest BCUT2D eigenvalue weighted by Crippen LogP contribution is 2.42. The summed E-state index contributed by atoms with van der Waals surface area (Å²) in [5.74, 6) is 1.89. The second-order valence-corrected chi connectivity index (χ2v) is 6.71. The molecule has 0 atom stereocenters. The number of hydrogen-bond acceptors (Lipinski definition) is 2. The molecule has 3 rings (SSSR count). The van der Waals surface area contributed by atoms with Gasteiger partial charge in [0, 0.05) is 24.5 Å². The third kappa shape index (κ3) is 1.80. The minimum absolute atomic E-state index is 0.606. The van der Waals surface area contributed by atoms with Gasteiger partial charge in [-0.05, 0) is 37.5 Å². The van der Waals surface area contributed by atoms with Crippen LogP contribution in [-0.4, -0.2) is 37.2 Å². The third-order valence-electron chi connectivity index (χ3n) is 5.09. The number of hydrogen-bond donors (Lipinski definition) is 0. The molecule has 0 aromatic rings. The first-order valence-corrected chi connectivity index (χ1v) is 7.00. The van der Waals surface area contributed by atoms with Crippen molar-refractivity contribution in [3.05, 3.63) is 0 Å². The summed E-state index contributed by atoms with van der Waals surface area (Å²) in [6, 6.07) is 0.904. The molecule has 0 bridgehead atoms. The van der Waals surface area contributed by atoms with Crippen LogP contribution in [0.4, 0.5) is 0 Å². The highest BCUT2D eigenvalue weighted by molar-refractivity contribution is 5.02. The van der Waals surface area contributed by atoms with E-state index in [2.05, 4.69) is 18.7 Å². The lowest BCUT2D eigenvalue weighted by atomic mass is 9.73. The number of ether oxygens (including phenoxy) is 1. The monoisotopic (exact) mass is 223 g/mol. The number of nitrogens with zero attached hydrogens (tertiary/aromatic N) is 1. The maximum Gasteiger partial charge on any atom is 0.0569 e. The SMILES string of the molecule is CC(C)C1CCC(N2CC3(COC3)C2)CC1. The molecule has 16 heavy (non-hydrogen) atoms. The zero-order valence-electron chi connectivity index (χ0n) is 10.7. The largest absolute Gasteiger partial charge is 0.380 e. The fraction of sp³-hybridized carbons (Fsp3) is 1.00. The quantitative estimate of drug-likeness (QED) is 0.713. The van der Waals surface area contributed by atoms with Crippen LogP contribution >= 0.6 is 0 Å². The molecule has 3 aliphatic rings. The zero-order valence-corrected chi connectivity index (χ0v) is 10.7. The van der Waals surface area contributed by atoms with Gasteiger partial charge in [-0.1, -0.05) is 13.8 Å². The summed E-state index contributed by atoms with van der Waals surface area (Å²) in [4.78, 5) is 2.72. The summed E-state index contributed by atoms with van der Waals surface area (Å²) in [5, 5.41) is 0. The molecule has 2 heterocycles. The van der Waals surface area contributed by atoms with Crippen LogP contribution in [0.25, 0.3) is 0 Å². The van der Waals surface area contributed by atoms with Crippen molar-refractivity contribution in [3.63, 3.8) is 0 Å². The second kappa shape index (κ2) is 3.99. The van der Waals surface area contributed by atoms with E-state index in [1.807, 2.05) is 0 Å². The minimum Gasteiger partial charge on any atom is -0.380 e. The summed E-state index contributed by atoms with van der Waals surface area (Å²) in [5.41, 5.74) is 0.606. The van der Waals surface area contributed by atoms with E-state index < -0.39 is 0 Å². The molecule has 0 N–H and O–H groups in total. The Morgan fingerprint density at radius 1 is 1.06 bits per heavy atom. The molecule has 92 valence electrons. The zero-order chi connectivity index (χ0) is 11.2. The van der Waals surface area contributed by atoms with Gasteiger partial charge < -0.3 is 4.74 Å². The average molecular weight is 223 g/mol. The molecular weight excluding hydrogens is 198 g/mol. The van der Waals surface area contributed by atoms with Gasteiger partial charge in [-0.2, -0.15) is 0 Å². The third-order valence-corrected chi connectivity index (χ3v) is 5.09. The molecular formula is C14H25NO. The van der Waals surface area contributed by atoms with Gasteiger partial charge in [-0.15, -0.1) is 0 Å². The van der Waals surface area contributed by atoms with Crippen LogP contribution in [0.2, 0.25) is 0 Å². The van der Waals surface area contributed by atoms with Crippen LogP contribution in [0, 0.1) is 17.3 Å². The van der Waals surface area contributed by atoms with Crippen molar-refractivity contribution in [3.8, 4) is 0 Å². The molecule has 1 saturated carbocycles. The van der Waals surface area contributed by atoms with Crippen molar-refractivity contribution >= 4 is 0 Å². The summed E-state index contributed by atoms with van der Waals surface area (Å²) in [7, 11) is 0. The number of rotatable bonds is 2. The lowest BCUT2D eigenvalue weighted by molar-refractivity contribution is -0.201. The Kier molecular flexibility index (Phi) is 2.75. The Balaban J connectivity index is 1.45. The molecule has 2 nitrogen and oxygen atoms in total. The van der Waals surface area contributed by atoms with Gasteiger partial charge >= 0.3 is 0 Å². The molecule has 1 aliphatic carbocycles. The van der Waals surface area contributed by atoms with E-state index in [0.717, 1.165) is 31.1 Å². The molecule has 2 aliphatic heterocycles. The van der Waals surface area contributed by atoms with E-state index in [1.165, 1.54) is 38.8 Å². The Hall–Kier alpha value is -0.0800. The van der Waals surface area contributed by atoms with Crippen LogP contribution in [0.5, 0.6) is 0 Å². The van der Waals surface area contributed by atoms with E-state index in [1.54, 1.807) is 0 Å². The van der Waals surface area contributed by atoms with Crippen molar-refractivity contribution in [2.45, 2.75) is 45.6 Å². The standard InChI is InChI=1S/C14H25NO/c1-11(2)12-3-5-13(6-4-12)15-7-14(8-15)9-16-10-14/h11-13H,3-10H2,1-2H3. The molecule has 2 saturated heterocycles. The van der Waals surface area contributed by atoms with Gasteiger partial charge in [-0.3, -0.25) is 4.90 Å². The Bertz CT molecular complexity index is 243. The fourth-order valence-corrected chi connectivity index (χ4v) is 3.78. The fourth-order valence-electron chi connectivity index (χ4n) is 3.78. The Morgan fingerprint density at radius 2 is 1.69 bits per heavy atom. The first kappa shape index (κ1) is 11.0. The van der Waals surface area contributed by atoms with Crippen LogP contribution in [0.3, 0.4) is 0 Å². The molecule has 0 unspecified atom stereocenters. The first-order chi connectivity index (χ1) is 7.69. The van der Waals surface area contributed by atoms with Crippen molar-refractivity contribution in [1.82, 2.24) is 4.90 Å².